The molecule has 1 amide bonds. The maximum absolute atomic E-state index is 12.0. The summed E-state index contributed by atoms with van der Waals surface area (Å²) < 4.78 is 19.6. The number of benzene rings is 2. The first kappa shape index (κ1) is 19.9. The van der Waals surface area contributed by atoms with Gasteiger partial charge in [-0.2, -0.15) is 5.10 Å². The topological polar surface area (TPSA) is 74.6 Å². The summed E-state index contributed by atoms with van der Waals surface area (Å²) in [5.41, 5.74) is 3.80. The first-order valence-electron chi connectivity index (χ1n) is 11.0. The zero-order chi connectivity index (χ0) is 21.2. The molecular weight excluding hydrogens is 394 g/mol. The molecule has 2 aromatic carbocycles. The van der Waals surface area contributed by atoms with Crippen molar-refractivity contribution in [3.8, 4) is 17.0 Å². The van der Waals surface area contributed by atoms with Gasteiger partial charge in [-0.05, 0) is 56.0 Å². The van der Waals surface area contributed by atoms with Crippen molar-refractivity contribution in [1.29, 1.82) is 0 Å². The number of aromatic nitrogens is 2. The first-order valence-corrected chi connectivity index (χ1v) is 11.0. The minimum Gasteiger partial charge on any atom is -0.491 e. The predicted octanol–water partition coefficient (Wildman–Crippen LogP) is 4.80. The predicted molar refractivity (Wildman–Crippen MR) is 117 cm³/mol. The van der Waals surface area contributed by atoms with Crippen LogP contribution in [0.25, 0.3) is 22.2 Å². The van der Waals surface area contributed by atoms with Gasteiger partial charge in [0.05, 0.1) is 11.6 Å². The van der Waals surface area contributed by atoms with Crippen molar-refractivity contribution in [2.45, 2.75) is 51.5 Å². The number of ether oxygens (including phenoxy) is 3. The molecule has 4 bridgehead atoms. The van der Waals surface area contributed by atoms with Gasteiger partial charge in [0.1, 0.15) is 18.1 Å². The van der Waals surface area contributed by atoms with Crippen LogP contribution in [-0.2, 0) is 16.1 Å². The zero-order valence-corrected chi connectivity index (χ0v) is 17.7. The molecule has 0 radical (unpaired) electrons. The number of cyclic esters (lactones) is 1. The maximum atomic E-state index is 12.0. The second kappa shape index (κ2) is 8.59. The van der Waals surface area contributed by atoms with Crippen LogP contribution >= 0.6 is 0 Å². The lowest BCUT2D eigenvalue weighted by Crippen LogP contribution is -2.28. The summed E-state index contributed by atoms with van der Waals surface area (Å²) in [5, 5.41) is 8.80. The van der Waals surface area contributed by atoms with Crippen molar-refractivity contribution in [2.75, 3.05) is 13.2 Å². The Hall–Kier alpha value is -3.06. The Morgan fingerprint density at radius 3 is 2.94 bits per heavy atom. The van der Waals surface area contributed by atoms with Gasteiger partial charge >= 0.3 is 6.09 Å². The summed E-state index contributed by atoms with van der Waals surface area (Å²) >= 11 is 0. The lowest BCUT2D eigenvalue weighted by atomic mass is 10.0. The number of nitrogens with zero attached hydrogens (tertiary/aromatic N) is 2. The Labute approximate surface area is 181 Å². The first-order chi connectivity index (χ1) is 15.2. The molecular formula is C24H27N3O4. The number of fused-ring (bicyclic) bond motifs is 4. The Balaban J connectivity index is 1.63. The van der Waals surface area contributed by atoms with Crippen molar-refractivity contribution in [3.63, 3.8) is 0 Å². The van der Waals surface area contributed by atoms with Gasteiger partial charge in [0, 0.05) is 30.5 Å². The van der Waals surface area contributed by atoms with Crippen LogP contribution in [0.2, 0.25) is 0 Å². The van der Waals surface area contributed by atoms with Gasteiger partial charge in [-0.15, -0.1) is 0 Å². The molecule has 0 spiro atoms. The van der Waals surface area contributed by atoms with Crippen molar-refractivity contribution >= 4 is 17.0 Å². The fourth-order valence-corrected chi connectivity index (χ4v) is 4.22. The van der Waals surface area contributed by atoms with Crippen LogP contribution in [0.15, 0.2) is 42.5 Å². The van der Waals surface area contributed by atoms with Crippen molar-refractivity contribution < 1.29 is 19.0 Å². The minimum atomic E-state index is -0.422. The third-order valence-corrected chi connectivity index (χ3v) is 5.83. The van der Waals surface area contributed by atoms with Crippen LogP contribution in [0.1, 0.15) is 44.4 Å². The number of hydrogen-bond donors (Lipinski definition) is 1. The average Bonchev–Trinajstić information content (AvgIpc) is 3.17. The molecule has 2 atom stereocenters. The van der Waals surface area contributed by atoms with Gasteiger partial charge in [0.2, 0.25) is 0 Å². The van der Waals surface area contributed by atoms with Gasteiger partial charge < -0.3 is 19.5 Å². The second-order valence-corrected chi connectivity index (χ2v) is 8.21. The molecule has 31 heavy (non-hydrogen) atoms. The summed E-state index contributed by atoms with van der Waals surface area (Å²) in [6.45, 7) is 3.46. The molecule has 2 aliphatic rings. The fraction of sp³-hybridized carbons (Fsp3) is 0.417. The molecule has 0 saturated carbocycles. The standard InChI is InChI=1S/C24H27N3O4/c1-16-10-11-25-24(28)30-15-17-5-4-6-18(13-17)23-20-14-19(31-16)8-9-21(20)27(26-23)22-7-2-3-12-29-22/h4-6,8-9,13-14,16,22H,2-3,7,10-12,15H2,1H3,(H,25,28). The summed E-state index contributed by atoms with van der Waals surface area (Å²) in [6, 6.07) is 14.1. The lowest BCUT2D eigenvalue weighted by molar-refractivity contribution is -0.0365. The van der Waals surface area contributed by atoms with Gasteiger partial charge in [-0.25, -0.2) is 9.48 Å². The molecule has 162 valence electrons. The number of rotatable bonds is 1. The van der Waals surface area contributed by atoms with Crippen molar-refractivity contribution in [2.24, 2.45) is 0 Å². The van der Waals surface area contributed by atoms with Crippen molar-refractivity contribution in [1.82, 2.24) is 15.1 Å². The normalized spacial score (nSPS) is 22.2. The highest BCUT2D eigenvalue weighted by Gasteiger charge is 2.22. The van der Waals surface area contributed by atoms with Gasteiger partial charge in [-0.3, -0.25) is 0 Å². The van der Waals surface area contributed by atoms with E-state index in [0.29, 0.717) is 13.0 Å². The summed E-state index contributed by atoms with van der Waals surface area (Å²) in [7, 11) is 0. The number of hydrogen-bond acceptors (Lipinski definition) is 5. The largest absolute Gasteiger partial charge is 0.491 e. The van der Waals surface area contributed by atoms with Crippen LogP contribution in [0.5, 0.6) is 5.75 Å². The van der Waals surface area contributed by atoms with Crippen LogP contribution in [0.3, 0.4) is 0 Å². The van der Waals surface area contributed by atoms with E-state index in [1.165, 1.54) is 0 Å². The highest BCUT2D eigenvalue weighted by molar-refractivity contribution is 5.94. The van der Waals surface area contributed by atoms with Gasteiger partial charge in [-0.1, -0.05) is 18.2 Å². The monoisotopic (exact) mass is 421 g/mol. The molecule has 1 saturated heterocycles. The molecule has 0 aliphatic carbocycles. The van der Waals surface area contributed by atoms with E-state index >= 15 is 0 Å². The molecule has 1 fully saturated rings. The van der Waals surface area contributed by atoms with E-state index in [4.69, 9.17) is 19.3 Å². The molecule has 1 aromatic heterocycles. The molecule has 2 aliphatic heterocycles. The van der Waals surface area contributed by atoms with Crippen molar-refractivity contribution in [3.05, 3.63) is 48.0 Å². The van der Waals surface area contributed by atoms with Gasteiger partial charge in [0.25, 0.3) is 0 Å². The molecule has 1 N–H and O–H groups in total. The highest BCUT2D eigenvalue weighted by Crippen LogP contribution is 2.35. The van der Waals surface area contributed by atoms with E-state index in [1.54, 1.807) is 0 Å². The average molecular weight is 421 g/mol. The molecule has 3 heterocycles. The molecule has 7 heteroatoms. The number of amides is 1. The van der Waals surface area contributed by atoms with E-state index in [-0.39, 0.29) is 18.9 Å². The zero-order valence-electron chi connectivity index (χ0n) is 17.7. The number of alkyl carbamates (subject to hydrolysis) is 1. The molecule has 3 aromatic rings. The SMILES string of the molecule is CC1CCNC(=O)OCc2cccc(c2)-c2nn(C3CCCCO3)c3ccc(cc23)O1. The third-order valence-electron chi connectivity index (χ3n) is 5.83. The minimum absolute atomic E-state index is 0.0518. The third kappa shape index (κ3) is 4.23. The Morgan fingerprint density at radius 2 is 2.06 bits per heavy atom. The van der Waals surface area contributed by atoms with E-state index < -0.39 is 6.09 Å². The smallest absolute Gasteiger partial charge is 0.407 e. The lowest BCUT2D eigenvalue weighted by Gasteiger charge is -2.23. The Bertz CT molecular complexity index is 1090. The maximum Gasteiger partial charge on any atom is 0.407 e. The molecule has 2 unspecified atom stereocenters. The van der Waals surface area contributed by atoms with E-state index in [0.717, 1.165) is 59.3 Å². The van der Waals surface area contributed by atoms with Crippen LogP contribution in [0.4, 0.5) is 4.79 Å². The summed E-state index contributed by atoms with van der Waals surface area (Å²) in [6.07, 6.45) is 3.33. The molecule has 5 rings (SSSR count). The highest BCUT2D eigenvalue weighted by atomic mass is 16.5. The number of carbonyl (C=O) groups is 1. The van der Waals surface area contributed by atoms with Crippen LogP contribution in [-0.4, -0.2) is 35.1 Å². The second-order valence-electron chi connectivity index (χ2n) is 8.21. The van der Waals surface area contributed by atoms with Gasteiger partial charge in [0.15, 0.2) is 6.23 Å². The number of nitrogens with one attached hydrogen (secondary N) is 1. The quantitative estimate of drug-likeness (QED) is 0.611. The summed E-state index contributed by atoms with van der Waals surface area (Å²) in [4.78, 5) is 12.0. The fourth-order valence-electron chi connectivity index (χ4n) is 4.22. The Morgan fingerprint density at radius 1 is 1.13 bits per heavy atom. The van der Waals surface area contributed by atoms with Crippen LogP contribution in [0, 0.1) is 0 Å². The van der Waals surface area contributed by atoms with E-state index in [2.05, 4.69) is 17.4 Å². The number of carbonyl (C=O) groups excluding carboxylic acids is 1. The van der Waals surface area contributed by atoms with E-state index in [9.17, 15) is 4.79 Å². The van der Waals surface area contributed by atoms with E-state index in [1.807, 2.05) is 41.9 Å². The van der Waals surface area contributed by atoms with Crippen LogP contribution < -0.4 is 10.1 Å². The molecule has 7 nitrogen and oxygen atoms in total. The Kier molecular flexibility index (Phi) is 5.51. The summed E-state index contributed by atoms with van der Waals surface area (Å²) in [5.74, 6) is 0.791.